The molecule has 0 unspecified atom stereocenters. The number of rotatable bonds is 7. The highest BCUT2D eigenvalue weighted by molar-refractivity contribution is 5.98. The summed E-state index contributed by atoms with van der Waals surface area (Å²) in [5.41, 5.74) is 3.54. The van der Waals surface area contributed by atoms with Crippen LogP contribution in [0.5, 0.6) is 0 Å². The third-order valence-corrected chi connectivity index (χ3v) is 5.94. The lowest BCUT2D eigenvalue weighted by Crippen LogP contribution is -2.34. The molecule has 0 spiro atoms. The lowest BCUT2D eigenvalue weighted by atomic mass is 10.2. The Balaban J connectivity index is 1.59. The summed E-state index contributed by atoms with van der Waals surface area (Å²) in [5, 5.41) is 5.56. The first-order valence-electron chi connectivity index (χ1n) is 10.4. The van der Waals surface area contributed by atoms with Gasteiger partial charge in [0.05, 0.1) is 24.8 Å². The number of esters is 1. The van der Waals surface area contributed by atoms with Crippen LogP contribution in [-0.2, 0) is 30.2 Å². The largest absolute Gasteiger partial charge is 0.466 e. The molecule has 1 aromatic carbocycles. The third-order valence-electron chi connectivity index (χ3n) is 5.94. The smallest absolute Gasteiger partial charge is 0.309 e. The van der Waals surface area contributed by atoms with E-state index >= 15 is 0 Å². The molecule has 0 radical (unpaired) electrons. The predicted octanol–water partition coefficient (Wildman–Crippen LogP) is 3.06. The van der Waals surface area contributed by atoms with Gasteiger partial charge in [0.25, 0.3) is 5.91 Å². The Bertz CT molecular complexity index is 1080. The normalized spacial score (nSPS) is 17.9. The van der Waals surface area contributed by atoms with Crippen molar-refractivity contribution in [3.05, 3.63) is 53.5 Å². The highest BCUT2D eigenvalue weighted by atomic mass is 16.5. The Kier molecular flexibility index (Phi) is 5.37. The van der Waals surface area contributed by atoms with Crippen LogP contribution < -0.4 is 0 Å². The first-order valence-corrected chi connectivity index (χ1v) is 10.4. The molecule has 4 rings (SSSR count). The maximum absolute atomic E-state index is 13.6. The van der Waals surface area contributed by atoms with Gasteiger partial charge in [-0.1, -0.05) is 18.2 Å². The van der Waals surface area contributed by atoms with Crippen molar-refractivity contribution in [1.29, 1.82) is 0 Å². The lowest BCUT2D eigenvalue weighted by Gasteiger charge is -2.22. The van der Waals surface area contributed by atoms with Crippen LogP contribution in [0.25, 0.3) is 10.9 Å². The minimum Gasteiger partial charge on any atom is -0.466 e. The molecule has 1 aliphatic carbocycles. The lowest BCUT2D eigenvalue weighted by molar-refractivity contribution is -0.145. The van der Waals surface area contributed by atoms with E-state index in [0.717, 1.165) is 28.7 Å². The summed E-state index contributed by atoms with van der Waals surface area (Å²) < 4.78 is 8.90. The number of nitrogens with zero attached hydrogens (tertiary/aromatic N) is 4. The van der Waals surface area contributed by atoms with Crippen LogP contribution in [0.4, 0.5) is 0 Å². The number of aromatic nitrogens is 3. The summed E-state index contributed by atoms with van der Waals surface area (Å²) in [6.07, 6.45) is 0.763. The summed E-state index contributed by atoms with van der Waals surface area (Å²) in [6.45, 7) is 5.11. The van der Waals surface area contributed by atoms with E-state index in [1.165, 1.54) is 0 Å². The van der Waals surface area contributed by atoms with Crippen molar-refractivity contribution in [2.24, 2.45) is 25.9 Å². The van der Waals surface area contributed by atoms with Crippen LogP contribution in [0, 0.1) is 18.8 Å². The van der Waals surface area contributed by atoms with Crippen molar-refractivity contribution >= 4 is 22.8 Å². The highest BCUT2D eigenvalue weighted by Crippen LogP contribution is 2.40. The minimum atomic E-state index is -0.159. The second-order valence-electron chi connectivity index (χ2n) is 8.09. The number of ether oxygens (including phenoxy) is 1. The standard InChI is InChI=1S/C23H28N4O3/c1-5-30-23(29)19-11-17(19)13-27(14-18-10-15(2)26(4)24-18)22(28)21-12-16-8-6-7-9-20(16)25(21)3/h6-10,12,17,19H,5,11,13-14H2,1-4H3/t17-,19+/m1/s1. The Morgan fingerprint density at radius 2 is 2.00 bits per heavy atom. The summed E-state index contributed by atoms with van der Waals surface area (Å²) in [4.78, 5) is 27.4. The first-order chi connectivity index (χ1) is 14.4. The van der Waals surface area contributed by atoms with E-state index in [0.29, 0.717) is 25.4 Å². The van der Waals surface area contributed by atoms with Gasteiger partial charge in [-0.15, -0.1) is 0 Å². The fourth-order valence-corrected chi connectivity index (χ4v) is 4.05. The number of hydrogen-bond acceptors (Lipinski definition) is 4. The fourth-order valence-electron chi connectivity index (χ4n) is 4.05. The number of carbonyl (C=O) groups is 2. The molecular weight excluding hydrogens is 380 g/mol. The van der Waals surface area contributed by atoms with Gasteiger partial charge >= 0.3 is 5.97 Å². The van der Waals surface area contributed by atoms with E-state index < -0.39 is 0 Å². The average molecular weight is 409 g/mol. The summed E-state index contributed by atoms with van der Waals surface area (Å²) >= 11 is 0. The average Bonchev–Trinajstić information content (AvgIpc) is 3.32. The van der Waals surface area contributed by atoms with Gasteiger partial charge < -0.3 is 14.2 Å². The zero-order valence-corrected chi connectivity index (χ0v) is 18.0. The summed E-state index contributed by atoms with van der Waals surface area (Å²) in [7, 11) is 3.81. The highest BCUT2D eigenvalue weighted by Gasteiger charge is 2.45. The Hall–Kier alpha value is -3.09. The molecule has 7 nitrogen and oxygen atoms in total. The third kappa shape index (κ3) is 3.84. The van der Waals surface area contributed by atoms with Crippen molar-refractivity contribution in [2.75, 3.05) is 13.2 Å². The van der Waals surface area contributed by atoms with Crippen LogP contribution >= 0.6 is 0 Å². The Morgan fingerprint density at radius 3 is 2.67 bits per heavy atom. The number of hydrogen-bond donors (Lipinski definition) is 0. The van der Waals surface area contributed by atoms with Crippen LogP contribution in [-0.4, -0.2) is 44.3 Å². The van der Waals surface area contributed by atoms with E-state index in [4.69, 9.17) is 4.74 Å². The number of benzene rings is 1. The van der Waals surface area contributed by atoms with Gasteiger partial charge in [-0.25, -0.2) is 0 Å². The topological polar surface area (TPSA) is 69.4 Å². The summed E-state index contributed by atoms with van der Waals surface area (Å²) in [5.74, 6) is -0.189. The van der Waals surface area contributed by atoms with Gasteiger partial charge in [-0.05, 0) is 44.4 Å². The Morgan fingerprint density at radius 1 is 1.23 bits per heavy atom. The van der Waals surface area contributed by atoms with E-state index in [1.807, 2.05) is 78.5 Å². The number of para-hydroxylation sites is 1. The van der Waals surface area contributed by atoms with Gasteiger partial charge in [-0.2, -0.15) is 5.10 Å². The molecule has 2 aromatic heterocycles. The molecule has 0 N–H and O–H groups in total. The van der Waals surface area contributed by atoms with Gasteiger partial charge in [0, 0.05) is 37.2 Å². The molecule has 1 amide bonds. The van der Waals surface area contributed by atoms with Crippen LogP contribution in [0.2, 0.25) is 0 Å². The molecule has 158 valence electrons. The van der Waals surface area contributed by atoms with E-state index in [2.05, 4.69) is 5.10 Å². The molecule has 2 heterocycles. The van der Waals surface area contributed by atoms with E-state index in [-0.39, 0.29) is 23.7 Å². The maximum Gasteiger partial charge on any atom is 0.309 e. The molecule has 3 aromatic rings. The van der Waals surface area contributed by atoms with Gasteiger partial charge in [0.2, 0.25) is 0 Å². The predicted molar refractivity (Wildman–Crippen MR) is 114 cm³/mol. The zero-order valence-electron chi connectivity index (χ0n) is 18.0. The van der Waals surface area contributed by atoms with Gasteiger partial charge in [-0.3, -0.25) is 14.3 Å². The maximum atomic E-state index is 13.6. The molecule has 0 bridgehead atoms. The minimum absolute atomic E-state index is 0.0495. The van der Waals surface area contributed by atoms with Gasteiger partial charge in [0.15, 0.2) is 0 Å². The second-order valence-corrected chi connectivity index (χ2v) is 8.09. The molecule has 0 saturated heterocycles. The van der Waals surface area contributed by atoms with E-state index in [1.54, 1.807) is 0 Å². The second kappa shape index (κ2) is 7.97. The van der Waals surface area contributed by atoms with Crippen LogP contribution in [0.3, 0.4) is 0 Å². The zero-order chi connectivity index (χ0) is 21.4. The summed E-state index contributed by atoms with van der Waals surface area (Å²) in [6, 6.07) is 11.9. The fraction of sp³-hybridized carbons (Fsp3) is 0.435. The number of amides is 1. The quantitative estimate of drug-likeness (QED) is 0.564. The van der Waals surface area contributed by atoms with Crippen molar-refractivity contribution in [3.8, 4) is 0 Å². The number of aryl methyl sites for hydroxylation is 3. The first kappa shape index (κ1) is 20.2. The molecule has 1 fully saturated rings. The molecule has 1 saturated carbocycles. The monoisotopic (exact) mass is 408 g/mol. The van der Waals surface area contributed by atoms with Gasteiger partial charge in [0.1, 0.15) is 5.69 Å². The van der Waals surface area contributed by atoms with E-state index in [9.17, 15) is 9.59 Å². The molecule has 0 aliphatic heterocycles. The molecule has 30 heavy (non-hydrogen) atoms. The van der Waals surface area contributed by atoms with Crippen LogP contribution in [0.1, 0.15) is 35.2 Å². The SMILES string of the molecule is CCOC(=O)[C@H]1C[C@@H]1CN(Cc1cc(C)n(C)n1)C(=O)c1cc2ccccc2n1C. The van der Waals surface area contributed by atoms with Crippen molar-refractivity contribution < 1.29 is 14.3 Å². The molecule has 2 atom stereocenters. The van der Waals surface area contributed by atoms with Crippen LogP contribution in [0.15, 0.2) is 36.4 Å². The number of fused-ring (bicyclic) bond motifs is 1. The molecular formula is C23H28N4O3. The molecule has 1 aliphatic rings. The van der Waals surface area contributed by atoms with Crippen molar-refractivity contribution in [2.45, 2.75) is 26.8 Å². The van der Waals surface area contributed by atoms with Crippen molar-refractivity contribution in [3.63, 3.8) is 0 Å². The van der Waals surface area contributed by atoms with Crippen molar-refractivity contribution in [1.82, 2.24) is 19.2 Å². The number of carbonyl (C=O) groups excluding carboxylic acids is 2. The molecule has 7 heteroatoms. The Labute approximate surface area is 176 Å².